The van der Waals surface area contributed by atoms with E-state index in [1.54, 1.807) is 19.9 Å². The van der Waals surface area contributed by atoms with E-state index in [4.69, 9.17) is 20.6 Å². The highest BCUT2D eigenvalue weighted by atomic mass is 35.5. The number of benzene rings is 1. The van der Waals surface area contributed by atoms with Crippen molar-refractivity contribution in [1.29, 1.82) is 0 Å². The molecule has 4 rings (SSSR count). The SMILES string of the molecule is Cc1cc(-c2onc(C)c2CNC(=O)c2cc(NC(=O)c3cc(F)c(F)cc3Cl)n[nH]2)no1. The van der Waals surface area contributed by atoms with Crippen LogP contribution in [0.1, 0.15) is 37.9 Å². The number of anilines is 1. The van der Waals surface area contributed by atoms with Crippen molar-refractivity contribution in [2.75, 3.05) is 5.32 Å². The van der Waals surface area contributed by atoms with Crippen LogP contribution in [0.2, 0.25) is 5.02 Å². The summed E-state index contributed by atoms with van der Waals surface area (Å²) >= 11 is 5.80. The number of rotatable bonds is 6. The quantitative estimate of drug-likeness (QED) is 0.360. The van der Waals surface area contributed by atoms with E-state index in [9.17, 15) is 18.4 Å². The minimum Gasteiger partial charge on any atom is -0.361 e. The zero-order chi connectivity index (χ0) is 23.7. The van der Waals surface area contributed by atoms with Gasteiger partial charge in [-0.3, -0.25) is 14.7 Å². The smallest absolute Gasteiger partial charge is 0.269 e. The molecule has 3 heterocycles. The molecule has 0 bridgehead atoms. The molecule has 0 spiro atoms. The van der Waals surface area contributed by atoms with Gasteiger partial charge in [-0.05, 0) is 26.0 Å². The third-order valence-electron chi connectivity index (χ3n) is 4.59. The number of aromatic amines is 1. The van der Waals surface area contributed by atoms with Crippen LogP contribution in [0.15, 0.2) is 33.3 Å². The van der Waals surface area contributed by atoms with Crippen molar-refractivity contribution in [1.82, 2.24) is 25.8 Å². The Morgan fingerprint density at radius 2 is 1.82 bits per heavy atom. The Hall–Kier alpha value is -4.06. The summed E-state index contributed by atoms with van der Waals surface area (Å²) in [4.78, 5) is 24.8. The standard InChI is InChI=1S/C20H15ClF2N6O4/c1-8-3-15(29-32-8)18-11(9(2)28-33-18)7-24-20(31)16-6-17(27-26-16)25-19(30)10-4-13(22)14(23)5-12(10)21/h3-6H,7H2,1-2H3,(H,24,31)(H2,25,26,27,30). The third-order valence-corrected chi connectivity index (χ3v) is 4.90. The molecule has 0 fully saturated rings. The number of aryl methyl sites for hydroxylation is 2. The molecule has 0 saturated carbocycles. The summed E-state index contributed by atoms with van der Waals surface area (Å²) in [5.74, 6) is -2.83. The molecule has 3 N–H and O–H groups in total. The summed E-state index contributed by atoms with van der Waals surface area (Å²) in [6.45, 7) is 3.52. The lowest BCUT2D eigenvalue weighted by atomic mass is 10.1. The van der Waals surface area contributed by atoms with E-state index >= 15 is 0 Å². The predicted octanol–water partition coefficient (Wildman–Crippen LogP) is 3.78. The molecule has 0 aliphatic carbocycles. The lowest BCUT2D eigenvalue weighted by molar-refractivity contribution is 0.0945. The Morgan fingerprint density at radius 3 is 2.55 bits per heavy atom. The fraction of sp³-hybridized carbons (Fsp3) is 0.150. The van der Waals surface area contributed by atoms with Gasteiger partial charge in [-0.2, -0.15) is 5.10 Å². The van der Waals surface area contributed by atoms with E-state index in [1.807, 2.05) is 0 Å². The van der Waals surface area contributed by atoms with Crippen LogP contribution in [0.4, 0.5) is 14.6 Å². The number of nitrogens with zero attached hydrogens (tertiary/aromatic N) is 3. The average molecular weight is 477 g/mol. The van der Waals surface area contributed by atoms with E-state index < -0.39 is 23.4 Å². The van der Waals surface area contributed by atoms with Crippen molar-refractivity contribution in [3.63, 3.8) is 0 Å². The fourth-order valence-corrected chi connectivity index (χ4v) is 3.15. The second-order valence-corrected chi connectivity index (χ2v) is 7.36. The first-order chi connectivity index (χ1) is 15.7. The number of amides is 2. The topological polar surface area (TPSA) is 139 Å². The minimum absolute atomic E-state index is 0.0223. The molecule has 0 atom stereocenters. The zero-order valence-electron chi connectivity index (χ0n) is 17.1. The van der Waals surface area contributed by atoms with Gasteiger partial charge in [0.15, 0.2) is 28.9 Å². The van der Waals surface area contributed by atoms with Crippen molar-refractivity contribution < 1.29 is 27.4 Å². The number of carbonyl (C=O) groups excluding carboxylic acids is 2. The molecule has 0 unspecified atom stereocenters. The zero-order valence-corrected chi connectivity index (χ0v) is 17.9. The normalized spacial score (nSPS) is 10.9. The Labute approximate surface area is 189 Å². The number of aromatic nitrogens is 4. The maximum atomic E-state index is 13.4. The number of hydrogen-bond acceptors (Lipinski definition) is 7. The van der Waals surface area contributed by atoms with Crippen LogP contribution in [0.3, 0.4) is 0 Å². The first kappa shape index (κ1) is 22.1. The van der Waals surface area contributed by atoms with Crippen LogP contribution in [-0.2, 0) is 6.54 Å². The molecule has 0 aliphatic rings. The molecule has 2 amide bonds. The molecule has 33 heavy (non-hydrogen) atoms. The van der Waals surface area contributed by atoms with Crippen LogP contribution < -0.4 is 10.6 Å². The highest BCUT2D eigenvalue weighted by molar-refractivity contribution is 6.34. The number of carbonyl (C=O) groups is 2. The lowest BCUT2D eigenvalue weighted by Gasteiger charge is -2.05. The summed E-state index contributed by atoms with van der Waals surface area (Å²) in [7, 11) is 0. The highest BCUT2D eigenvalue weighted by Crippen LogP contribution is 2.26. The Morgan fingerprint density at radius 1 is 1.06 bits per heavy atom. The number of nitrogens with one attached hydrogen (secondary N) is 3. The van der Waals surface area contributed by atoms with Crippen molar-refractivity contribution in [2.45, 2.75) is 20.4 Å². The first-order valence-electron chi connectivity index (χ1n) is 9.41. The first-order valence-corrected chi connectivity index (χ1v) is 9.79. The van der Waals surface area contributed by atoms with E-state index in [0.29, 0.717) is 40.6 Å². The minimum atomic E-state index is -1.23. The summed E-state index contributed by atoms with van der Waals surface area (Å²) in [6.07, 6.45) is 0. The second kappa shape index (κ2) is 8.82. The predicted molar refractivity (Wildman–Crippen MR) is 111 cm³/mol. The average Bonchev–Trinajstić information content (AvgIpc) is 3.49. The van der Waals surface area contributed by atoms with Crippen molar-refractivity contribution in [2.24, 2.45) is 0 Å². The van der Waals surface area contributed by atoms with Gasteiger partial charge in [-0.25, -0.2) is 8.78 Å². The van der Waals surface area contributed by atoms with E-state index in [-0.39, 0.29) is 28.6 Å². The molecular formula is C20H15ClF2N6O4. The lowest BCUT2D eigenvalue weighted by Crippen LogP contribution is -2.23. The summed E-state index contributed by atoms with van der Waals surface area (Å²) in [5.41, 5.74) is 1.36. The summed E-state index contributed by atoms with van der Waals surface area (Å²) < 4.78 is 37.0. The van der Waals surface area contributed by atoms with Gasteiger partial charge in [-0.1, -0.05) is 21.9 Å². The molecule has 0 radical (unpaired) electrons. The Balaban J connectivity index is 1.43. The molecule has 1 aromatic carbocycles. The van der Waals surface area contributed by atoms with Crippen LogP contribution in [-0.4, -0.2) is 32.3 Å². The molecule has 13 heteroatoms. The number of H-pyrrole nitrogens is 1. The van der Waals surface area contributed by atoms with Gasteiger partial charge in [-0.15, -0.1) is 0 Å². The summed E-state index contributed by atoms with van der Waals surface area (Å²) in [5, 5.41) is 18.9. The molecule has 0 saturated heterocycles. The van der Waals surface area contributed by atoms with Gasteiger partial charge >= 0.3 is 0 Å². The molecule has 4 aromatic rings. The largest absolute Gasteiger partial charge is 0.361 e. The van der Waals surface area contributed by atoms with Crippen LogP contribution in [0.5, 0.6) is 0 Å². The van der Waals surface area contributed by atoms with Gasteiger partial charge in [0.2, 0.25) is 0 Å². The maximum absolute atomic E-state index is 13.4. The van der Waals surface area contributed by atoms with Gasteiger partial charge in [0, 0.05) is 24.2 Å². The van der Waals surface area contributed by atoms with Crippen molar-refractivity contribution in [3.05, 3.63) is 69.2 Å². The van der Waals surface area contributed by atoms with E-state index in [1.165, 1.54) is 6.07 Å². The Bertz CT molecular complexity index is 1360. The number of halogens is 3. The fourth-order valence-electron chi connectivity index (χ4n) is 2.92. The van der Waals surface area contributed by atoms with Gasteiger partial charge in [0.05, 0.1) is 16.3 Å². The van der Waals surface area contributed by atoms with Gasteiger partial charge < -0.3 is 19.7 Å². The molecular weight excluding hydrogens is 462 g/mol. The van der Waals surface area contributed by atoms with Crippen molar-refractivity contribution in [3.8, 4) is 11.5 Å². The van der Waals surface area contributed by atoms with Crippen LogP contribution in [0, 0.1) is 25.5 Å². The molecule has 0 aliphatic heterocycles. The number of hydrogen-bond donors (Lipinski definition) is 3. The van der Waals surface area contributed by atoms with E-state index in [2.05, 4.69) is 31.1 Å². The second-order valence-electron chi connectivity index (χ2n) is 6.95. The van der Waals surface area contributed by atoms with E-state index in [0.717, 1.165) is 0 Å². The monoisotopic (exact) mass is 476 g/mol. The molecule has 10 nitrogen and oxygen atoms in total. The molecule has 3 aromatic heterocycles. The molecule has 170 valence electrons. The third kappa shape index (κ3) is 4.60. The van der Waals surface area contributed by atoms with Crippen molar-refractivity contribution >= 4 is 29.2 Å². The maximum Gasteiger partial charge on any atom is 0.269 e. The van der Waals surface area contributed by atoms with Crippen LogP contribution in [0.25, 0.3) is 11.5 Å². The van der Waals surface area contributed by atoms with Crippen LogP contribution >= 0.6 is 11.6 Å². The Kier molecular flexibility index (Phi) is 5.92. The summed E-state index contributed by atoms with van der Waals surface area (Å²) in [6, 6.07) is 4.30. The van der Waals surface area contributed by atoms with Gasteiger partial charge in [0.1, 0.15) is 11.5 Å². The highest BCUT2D eigenvalue weighted by Gasteiger charge is 2.20. The van der Waals surface area contributed by atoms with Gasteiger partial charge in [0.25, 0.3) is 11.8 Å².